The molecular weight excluding hydrogens is 678 g/mol. The van der Waals surface area contributed by atoms with E-state index in [1.807, 2.05) is 65.6 Å². The number of anilines is 1. The van der Waals surface area contributed by atoms with Crippen LogP contribution < -0.4 is 10.6 Å². The number of imide groups is 1. The SMILES string of the molecule is COCCOC(=O)N1C(=O)[C@@]2(c3cc(C#CCCO)ccc31)[C@H](C(N)=O)[C@H]1C(=O)O[C@H](c3ccccc3)[C@H](c3ccccc3)N1[C@@H]2c1ccc(O)cc1. The molecular formula is C41H37N3O9. The molecule has 4 aromatic carbocycles. The zero-order chi connectivity index (χ0) is 37.3. The summed E-state index contributed by atoms with van der Waals surface area (Å²) in [6.07, 6.45) is -1.72. The molecule has 3 aliphatic heterocycles. The van der Waals surface area contributed by atoms with E-state index in [1.54, 1.807) is 30.3 Å². The Kier molecular flexibility index (Phi) is 9.72. The van der Waals surface area contributed by atoms with Crippen LogP contribution in [0.15, 0.2) is 103 Å². The third kappa shape index (κ3) is 5.89. The van der Waals surface area contributed by atoms with Gasteiger partial charge in [0.05, 0.1) is 36.9 Å². The number of phenolic OH excluding ortho intramolecular Hbond substituents is 1. The van der Waals surface area contributed by atoms with Gasteiger partial charge in [0.1, 0.15) is 29.9 Å². The van der Waals surface area contributed by atoms with E-state index < -0.39 is 59.4 Å². The second-order valence-corrected chi connectivity index (χ2v) is 13.0. The number of aliphatic hydroxyl groups excluding tert-OH is 1. The summed E-state index contributed by atoms with van der Waals surface area (Å²) in [6, 6.07) is 26.1. The van der Waals surface area contributed by atoms with Gasteiger partial charge < -0.3 is 30.2 Å². The fourth-order valence-corrected chi connectivity index (χ4v) is 8.15. The summed E-state index contributed by atoms with van der Waals surface area (Å²) in [5.74, 6) is 1.70. The van der Waals surface area contributed by atoms with Gasteiger partial charge >= 0.3 is 12.1 Å². The van der Waals surface area contributed by atoms with Crippen LogP contribution in [0.2, 0.25) is 0 Å². The molecule has 0 aromatic heterocycles. The Morgan fingerprint density at radius 2 is 1.57 bits per heavy atom. The van der Waals surface area contributed by atoms with Crippen molar-refractivity contribution < 1.29 is 43.6 Å². The molecule has 2 fully saturated rings. The van der Waals surface area contributed by atoms with Gasteiger partial charge in [0, 0.05) is 19.1 Å². The highest BCUT2D eigenvalue weighted by Gasteiger charge is 2.75. The first-order valence-electron chi connectivity index (χ1n) is 17.1. The third-order valence-corrected chi connectivity index (χ3v) is 10.1. The summed E-state index contributed by atoms with van der Waals surface area (Å²) in [5.41, 5.74) is 6.96. The first kappa shape index (κ1) is 35.4. The van der Waals surface area contributed by atoms with Crippen LogP contribution in [-0.2, 0) is 34.0 Å². The molecule has 53 heavy (non-hydrogen) atoms. The normalized spacial score (nSPS) is 24.6. The summed E-state index contributed by atoms with van der Waals surface area (Å²) in [6.45, 7) is -0.272. The molecule has 2 saturated heterocycles. The quantitative estimate of drug-likeness (QED) is 0.137. The number of primary amides is 1. The number of nitrogens with two attached hydrogens (primary N) is 1. The molecule has 0 saturated carbocycles. The molecule has 1 spiro atoms. The number of hydrogen-bond donors (Lipinski definition) is 3. The Labute approximate surface area is 305 Å². The number of ether oxygens (including phenoxy) is 3. The summed E-state index contributed by atoms with van der Waals surface area (Å²) < 4.78 is 16.8. The van der Waals surface area contributed by atoms with Crippen LogP contribution in [0.5, 0.6) is 5.75 Å². The van der Waals surface area contributed by atoms with Gasteiger partial charge in [-0.25, -0.2) is 9.69 Å². The number of cyclic esters (lactones) is 1. The highest BCUT2D eigenvalue weighted by molar-refractivity contribution is 6.23. The second kappa shape index (κ2) is 14.6. The number of aromatic hydroxyl groups is 1. The zero-order valence-electron chi connectivity index (χ0n) is 28.8. The minimum Gasteiger partial charge on any atom is -0.508 e. The lowest BCUT2D eigenvalue weighted by atomic mass is 9.65. The number of nitrogens with zero attached hydrogens (tertiary/aromatic N) is 2. The van der Waals surface area contributed by atoms with Gasteiger partial charge in [-0.2, -0.15) is 0 Å². The van der Waals surface area contributed by atoms with Gasteiger partial charge in [-0.3, -0.25) is 19.3 Å². The average molecular weight is 716 g/mol. The van der Waals surface area contributed by atoms with Gasteiger partial charge in [-0.05, 0) is 52.6 Å². The maximum atomic E-state index is 15.5. The summed E-state index contributed by atoms with van der Waals surface area (Å²) >= 11 is 0. The predicted molar refractivity (Wildman–Crippen MR) is 191 cm³/mol. The van der Waals surface area contributed by atoms with Crippen molar-refractivity contribution in [2.24, 2.45) is 11.7 Å². The summed E-state index contributed by atoms with van der Waals surface area (Å²) in [4.78, 5) is 60.9. The fourth-order valence-electron chi connectivity index (χ4n) is 8.15. The molecule has 6 atom stereocenters. The molecule has 7 rings (SSSR count). The van der Waals surface area contributed by atoms with E-state index in [0.29, 0.717) is 16.7 Å². The number of morpholine rings is 1. The van der Waals surface area contributed by atoms with Gasteiger partial charge in [0.2, 0.25) is 11.8 Å². The Bertz CT molecular complexity index is 2100. The Balaban J connectivity index is 1.55. The van der Waals surface area contributed by atoms with E-state index in [9.17, 15) is 24.6 Å². The number of esters is 1. The molecule has 3 amide bonds. The minimum atomic E-state index is -2.02. The van der Waals surface area contributed by atoms with Gasteiger partial charge in [-0.1, -0.05) is 84.6 Å². The predicted octanol–water partition coefficient (Wildman–Crippen LogP) is 4.06. The van der Waals surface area contributed by atoms with Crippen LogP contribution in [0.1, 0.15) is 52.4 Å². The lowest BCUT2D eigenvalue weighted by molar-refractivity contribution is -0.178. The van der Waals surface area contributed by atoms with E-state index in [-0.39, 0.29) is 43.2 Å². The average Bonchev–Trinajstić information content (AvgIpc) is 3.62. The van der Waals surface area contributed by atoms with E-state index in [4.69, 9.17) is 19.9 Å². The second-order valence-electron chi connectivity index (χ2n) is 13.0. The fraction of sp³-hybridized carbons (Fsp3) is 0.268. The zero-order valence-corrected chi connectivity index (χ0v) is 28.8. The summed E-state index contributed by atoms with van der Waals surface area (Å²) in [5, 5.41) is 19.8. The lowest BCUT2D eigenvalue weighted by Crippen LogP contribution is -2.55. The Morgan fingerprint density at radius 3 is 2.21 bits per heavy atom. The van der Waals surface area contributed by atoms with Crippen molar-refractivity contribution in [3.8, 4) is 17.6 Å². The van der Waals surface area contributed by atoms with E-state index in [0.717, 1.165) is 10.5 Å². The van der Waals surface area contributed by atoms with Crippen molar-refractivity contribution >= 4 is 29.6 Å². The number of phenols is 1. The molecule has 0 aliphatic carbocycles. The smallest absolute Gasteiger partial charge is 0.421 e. The van der Waals surface area contributed by atoms with Gasteiger partial charge in [0.15, 0.2) is 0 Å². The topological polar surface area (TPSA) is 169 Å². The lowest BCUT2D eigenvalue weighted by Gasteiger charge is -2.46. The molecule has 3 heterocycles. The van der Waals surface area contributed by atoms with E-state index >= 15 is 4.79 Å². The summed E-state index contributed by atoms with van der Waals surface area (Å²) in [7, 11) is 1.44. The van der Waals surface area contributed by atoms with Crippen molar-refractivity contribution in [3.05, 3.63) is 131 Å². The monoisotopic (exact) mass is 715 g/mol. The Morgan fingerprint density at radius 1 is 0.887 bits per heavy atom. The third-order valence-electron chi connectivity index (χ3n) is 10.1. The van der Waals surface area contributed by atoms with Crippen LogP contribution in [0.4, 0.5) is 10.5 Å². The number of carbonyl (C=O) groups is 4. The minimum absolute atomic E-state index is 0.0495. The van der Waals surface area contributed by atoms with Gasteiger partial charge in [0.25, 0.3) is 0 Å². The van der Waals surface area contributed by atoms with Crippen LogP contribution in [0.25, 0.3) is 0 Å². The van der Waals surface area contributed by atoms with E-state index in [2.05, 4.69) is 11.8 Å². The highest BCUT2D eigenvalue weighted by atomic mass is 16.6. The number of methoxy groups -OCH3 is 1. The largest absolute Gasteiger partial charge is 0.508 e. The first-order valence-corrected chi connectivity index (χ1v) is 17.1. The number of amides is 3. The number of benzene rings is 4. The number of carbonyl (C=O) groups excluding carboxylic acids is 4. The number of rotatable bonds is 8. The van der Waals surface area contributed by atoms with Crippen molar-refractivity contribution in [3.63, 3.8) is 0 Å². The van der Waals surface area contributed by atoms with Crippen molar-refractivity contribution in [2.75, 3.05) is 31.8 Å². The maximum absolute atomic E-state index is 15.5. The molecule has 12 nitrogen and oxygen atoms in total. The van der Waals surface area contributed by atoms with E-state index in [1.165, 1.54) is 19.2 Å². The van der Waals surface area contributed by atoms with Crippen molar-refractivity contribution in [1.29, 1.82) is 0 Å². The number of hydrogen-bond acceptors (Lipinski definition) is 10. The van der Waals surface area contributed by atoms with Crippen molar-refractivity contribution in [1.82, 2.24) is 4.90 Å². The number of aliphatic hydroxyl groups is 1. The molecule has 4 aromatic rings. The van der Waals surface area contributed by atoms with Crippen LogP contribution in [0, 0.1) is 17.8 Å². The standard InChI is InChI=1S/C41H37N3O9/c1-51-22-23-52-40(50)43-31-20-15-25(10-8-9-21-45)24-30(31)41(39(43)49)32(37(42)47)34-38(48)53-35(27-13-6-3-7-14-27)33(26-11-4-2-5-12-26)44(34)36(41)28-16-18-29(46)19-17-28/h2-7,11-20,24,32-36,45-46H,9,21-23H2,1H3,(H2,42,47)/t32-,33-,34-,35+,36+,41-/m0/s1. The van der Waals surface area contributed by atoms with Crippen LogP contribution in [-0.4, -0.2) is 72.0 Å². The molecule has 270 valence electrons. The molecule has 4 N–H and O–H groups in total. The molecule has 0 radical (unpaired) electrons. The molecule has 0 unspecified atom stereocenters. The van der Waals surface area contributed by atoms with Crippen LogP contribution in [0.3, 0.4) is 0 Å². The molecule has 0 bridgehead atoms. The number of fused-ring (bicyclic) bond motifs is 3. The first-order chi connectivity index (χ1) is 25.7. The van der Waals surface area contributed by atoms with Crippen molar-refractivity contribution in [2.45, 2.75) is 36.1 Å². The highest BCUT2D eigenvalue weighted by Crippen LogP contribution is 2.65. The molecule has 12 heteroatoms. The molecule has 3 aliphatic rings. The Hall–Kier alpha value is -6.00. The maximum Gasteiger partial charge on any atom is 0.421 e. The van der Waals surface area contributed by atoms with Crippen LogP contribution >= 0.6 is 0 Å². The van der Waals surface area contributed by atoms with Gasteiger partial charge in [-0.15, -0.1) is 0 Å².